The highest BCUT2D eigenvalue weighted by molar-refractivity contribution is 5.79. The van der Waals surface area contributed by atoms with Crippen molar-refractivity contribution >= 4 is 11.8 Å². The molecule has 3 aromatic rings. The number of rotatable bonds is 4. The van der Waals surface area contributed by atoms with Crippen molar-refractivity contribution in [2.75, 3.05) is 18.9 Å². The van der Waals surface area contributed by atoms with Crippen LogP contribution >= 0.6 is 0 Å². The average Bonchev–Trinajstić information content (AvgIpc) is 3.07. The number of nitrogen functional groups attached to an aromatic ring is 1. The third kappa shape index (κ3) is 4.16. The fourth-order valence-electron chi connectivity index (χ4n) is 3.86. The molecule has 4 nitrogen and oxygen atoms in total. The molecule has 3 aromatic carbocycles. The number of alkyl carbamates (subject to hydrolysis) is 1. The fraction of sp³-hybridized carbons (Fsp3) is 0.192. The summed E-state index contributed by atoms with van der Waals surface area (Å²) in [4.78, 5) is 12.2. The summed E-state index contributed by atoms with van der Waals surface area (Å²) in [5.41, 5.74) is 13.3. The number of aryl methyl sites for hydroxylation is 1. The third-order valence-corrected chi connectivity index (χ3v) is 5.34. The topological polar surface area (TPSA) is 64.3 Å². The van der Waals surface area contributed by atoms with Gasteiger partial charge in [0, 0.05) is 30.1 Å². The third-order valence-electron chi connectivity index (χ3n) is 5.34. The maximum absolute atomic E-state index is 12.2. The lowest BCUT2D eigenvalue weighted by Gasteiger charge is -2.14. The van der Waals surface area contributed by atoms with Crippen molar-refractivity contribution in [3.63, 3.8) is 0 Å². The second kappa shape index (κ2) is 8.75. The van der Waals surface area contributed by atoms with Gasteiger partial charge >= 0.3 is 6.09 Å². The largest absolute Gasteiger partial charge is 0.449 e. The Balaban J connectivity index is 1.29. The number of amides is 1. The molecule has 0 aliphatic heterocycles. The van der Waals surface area contributed by atoms with Gasteiger partial charge < -0.3 is 15.8 Å². The molecule has 0 spiro atoms. The molecule has 150 valence electrons. The van der Waals surface area contributed by atoms with Crippen LogP contribution in [0.4, 0.5) is 10.5 Å². The van der Waals surface area contributed by atoms with E-state index in [1.165, 1.54) is 22.3 Å². The van der Waals surface area contributed by atoms with E-state index in [0.717, 1.165) is 16.8 Å². The molecule has 1 aliphatic rings. The Bertz CT molecular complexity index is 1100. The van der Waals surface area contributed by atoms with Crippen LogP contribution in [-0.2, 0) is 4.74 Å². The molecule has 0 bridgehead atoms. The molecule has 0 aromatic heterocycles. The van der Waals surface area contributed by atoms with Gasteiger partial charge in [-0.3, -0.25) is 0 Å². The SMILES string of the molecule is Cc1cc(N)ccc1C#CCCNC(=O)OCC1c2ccccc2-c2ccccc21. The van der Waals surface area contributed by atoms with Crippen LogP contribution in [0.2, 0.25) is 0 Å². The van der Waals surface area contributed by atoms with Gasteiger partial charge in [0.1, 0.15) is 6.61 Å². The maximum atomic E-state index is 12.2. The molecule has 0 heterocycles. The van der Waals surface area contributed by atoms with E-state index in [-0.39, 0.29) is 5.92 Å². The summed E-state index contributed by atoms with van der Waals surface area (Å²) in [6.07, 6.45) is 0.135. The summed E-state index contributed by atoms with van der Waals surface area (Å²) in [5.74, 6) is 6.26. The lowest BCUT2D eigenvalue weighted by molar-refractivity contribution is 0.143. The number of hydrogen-bond acceptors (Lipinski definition) is 3. The van der Waals surface area contributed by atoms with Crippen LogP contribution in [0, 0.1) is 18.8 Å². The van der Waals surface area contributed by atoms with E-state index in [1.54, 1.807) is 0 Å². The molecule has 30 heavy (non-hydrogen) atoms. The molecular weight excluding hydrogens is 372 g/mol. The standard InChI is InChI=1S/C26H24N2O2/c1-18-16-20(27)14-13-19(18)8-6-7-15-28-26(29)30-17-25-23-11-4-2-9-21(23)22-10-3-5-12-24(22)25/h2-5,9-14,16,25H,7,15,17,27H2,1H3,(H,28,29). The van der Waals surface area contributed by atoms with Gasteiger partial charge in [0.25, 0.3) is 0 Å². The highest BCUT2D eigenvalue weighted by Crippen LogP contribution is 2.44. The molecule has 0 saturated carbocycles. The summed E-state index contributed by atoms with van der Waals surface area (Å²) < 4.78 is 5.52. The van der Waals surface area contributed by atoms with Gasteiger partial charge in [0.15, 0.2) is 0 Å². The average molecular weight is 396 g/mol. The molecule has 0 radical (unpaired) electrons. The van der Waals surface area contributed by atoms with Crippen molar-refractivity contribution in [3.8, 4) is 23.0 Å². The van der Waals surface area contributed by atoms with E-state index < -0.39 is 6.09 Å². The molecule has 0 fully saturated rings. The van der Waals surface area contributed by atoms with Crippen LogP contribution in [0.15, 0.2) is 66.7 Å². The van der Waals surface area contributed by atoms with E-state index in [2.05, 4.69) is 41.4 Å². The number of benzene rings is 3. The van der Waals surface area contributed by atoms with E-state index in [9.17, 15) is 4.79 Å². The Hall–Kier alpha value is -3.71. The summed E-state index contributed by atoms with van der Waals surface area (Å²) in [5, 5.41) is 2.78. The smallest absolute Gasteiger partial charge is 0.407 e. The van der Waals surface area contributed by atoms with Gasteiger partial charge in [-0.25, -0.2) is 4.79 Å². The number of ether oxygens (including phenoxy) is 1. The zero-order valence-corrected chi connectivity index (χ0v) is 16.9. The summed E-state index contributed by atoms with van der Waals surface area (Å²) in [7, 11) is 0. The highest BCUT2D eigenvalue weighted by atomic mass is 16.5. The van der Waals surface area contributed by atoms with Crippen molar-refractivity contribution in [2.45, 2.75) is 19.3 Å². The van der Waals surface area contributed by atoms with Gasteiger partial charge in [0.2, 0.25) is 0 Å². The van der Waals surface area contributed by atoms with Crippen molar-refractivity contribution < 1.29 is 9.53 Å². The van der Waals surface area contributed by atoms with Gasteiger partial charge in [-0.05, 0) is 52.9 Å². The summed E-state index contributed by atoms with van der Waals surface area (Å²) >= 11 is 0. The van der Waals surface area contributed by atoms with Crippen molar-refractivity contribution in [1.29, 1.82) is 0 Å². The van der Waals surface area contributed by atoms with Crippen LogP contribution in [0.1, 0.15) is 34.6 Å². The quantitative estimate of drug-likeness (QED) is 0.376. The minimum Gasteiger partial charge on any atom is -0.449 e. The summed E-state index contributed by atoms with van der Waals surface area (Å²) in [6.45, 7) is 2.74. The van der Waals surface area contributed by atoms with E-state index in [4.69, 9.17) is 10.5 Å². The minimum absolute atomic E-state index is 0.0661. The fourth-order valence-corrected chi connectivity index (χ4v) is 3.86. The van der Waals surface area contributed by atoms with Crippen LogP contribution in [0.25, 0.3) is 11.1 Å². The Morgan fingerprint density at radius 2 is 1.70 bits per heavy atom. The van der Waals surface area contributed by atoms with E-state index >= 15 is 0 Å². The molecule has 0 atom stereocenters. The molecule has 1 aliphatic carbocycles. The maximum Gasteiger partial charge on any atom is 0.407 e. The number of carbonyl (C=O) groups excluding carboxylic acids is 1. The molecule has 1 amide bonds. The normalized spacial score (nSPS) is 11.8. The molecule has 0 saturated heterocycles. The lowest BCUT2D eigenvalue weighted by atomic mass is 9.98. The Morgan fingerprint density at radius 1 is 1.03 bits per heavy atom. The number of nitrogens with one attached hydrogen (secondary N) is 1. The van der Waals surface area contributed by atoms with Gasteiger partial charge in [-0.15, -0.1) is 0 Å². The predicted molar refractivity (Wildman–Crippen MR) is 120 cm³/mol. The van der Waals surface area contributed by atoms with Crippen molar-refractivity contribution in [1.82, 2.24) is 5.32 Å². The highest BCUT2D eigenvalue weighted by Gasteiger charge is 2.28. The van der Waals surface area contributed by atoms with Gasteiger partial charge in [0.05, 0.1) is 0 Å². The Kier molecular flexibility index (Phi) is 5.72. The molecule has 0 unspecified atom stereocenters. The first-order valence-electron chi connectivity index (χ1n) is 10.1. The molecule has 4 heteroatoms. The number of fused-ring (bicyclic) bond motifs is 3. The van der Waals surface area contributed by atoms with Gasteiger partial charge in [-0.2, -0.15) is 0 Å². The zero-order valence-electron chi connectivity index (χ0n) is 16.9. The Labute approximate surface area is 177 Å². The predicted octanol–water partition coefficient (Wildman–Crippen LogP) is 4.86. The van der Waals surface area contributed by atoms with Crippen LogP contribution < -0.4 is 11.1 Å². The van der Waals surface area contributed by atoms with Crippen LogP contribution in [0.5, 0.6) is 0 Å². The monoisotopic (exact) mass is 396 g/mol. The van der Waals surface area contributed by atoms with Crippen LogP contribution in [0.3, 0.4) is 0 Å². The molecule has 4 rings (SSSR count). The second-order valence-electron chi connectivity index (χ2n) is 7.38. The van der Waals surface area contributed by atoms with E-state index in [0.29, 0.717) is 19.6 Å². The first-order valence-corrected chi connectivity index (χ1v) is 10.1. The first kappa shape index (κ1) is 19.6. The zero-order chi connectivity index (χ0) is 20.9. The van der Waals surface area contributed by atoms with Crippen LogP contribution in [-0.4, -0.2) is 19.2 Å². The summed E-state index contributed by atoms with van der Waals surface area (Å²) in [6, 6.07) is 22.2. The lowest BCUT2D eigenvalue weighted by Crippen LogP contribution is -2.26. The first-order chi connectivity index (χ1) is 14.6. The molecular formula is C26H24N2O2. The van der Waals surface area contributed by atoms with Crippen molar-refractivity contribution in [2.24, 2.45) is 0 Å². The number of anilines is 1. The number of nitrogens with two attached hydrogens (primary N) is 1. The number of carbonyl (C=O) groups is 1. The molecule has 3 N–H and O–H groups in total. The Morgan fingerprint density at radius 3 is 2.37 bits per heavy atom. The minimum atomic E-state index is -0.415. The van der Waals surface area contributed by atoms with Gasteiger partial charge in [-0.1, -0.05) is 60.4 Å². The van der Waals surface area contributed by atoms with E-state index in [1.807, 2.05) is 49.4 Å². The number of hydrogen-bond donors (Lipinski definition) is 2. The second-order valence-corrected chi connectivity index (χ2v) is 7.38. The van der Waals surface area contributed by atoms with Crippen molar-refractivity contribution in [3.05, 3.63) is 89.0 Å².